The van der Waals surface area contributed by atoms with Gasteiger partial charge in [0.15, 0.2) is 0 Å². The van der Waals surface area contributed by atoms with E-state index in [4.69, 9.17) is 4.42 Å². The van der Waals surface area contributed by atoms with Gasteiger partial charge in [-0.1, -0.05) is 36.4 Å². The average molecular weight is 333 g/mol. The first-order chi connectivity index (χ1) is 12.2. The van der Waals surface area contributed by atoms with E-state index in [0.717, 1.165) is 25.1 Å². The largest absolute Gasteiger partial charge is 0.478 e. The second-order valence-electron chi connectivity index (χ2n) is 6.27. The fourth-order valence-electron chi connectivity index (χ4n) is 3.46. The molecule has 4 nitrogen and oxygen atoms in total. The first-order valence-electron chi connectivity index (χ1n) is 8.46. The predicted molar refractivity (Wildman–Crippen MR) is 96.9 cm³/mol. The van der Waals surface area contributed by atoms with Gasteiger partial charge in [0.05, 0.1) is 12.1 Å². The van der Waals surface area contributed by atoms with E-state index in [9.17, 15) is 9.90 Å². The topological polar surface area (TPSA) is 53.7 Å². The lowest BCUT2D eigenvalue weighted by molar-refractivity contribution is 0.0697. The van der Waals surface area contributed by atoms with Gasteiger partial charge in [-0.2, -0.15) is 0 Å². The molecule has 0 amide bonds. The number of benzene rings is 2. The second-order valence-corrected chi connectivity index (χ2v) is 6.27. The summed E-state index contributed by atoms with van der Waals surface area (Å²) in [5.41, 5.74) is 3.50. The Morgan fingerprint density at radius 3 is 2.72 bits per heavy atom. The summed E-state index contributed by atoms with van der Waals surface area (Å²) < 4.78 is 5.97. The minimum atomic E-state index is -0.946. The highest BCUT2D eigenvalue weighted by molar-refractivity contribution is 5.95. The van der Waals surface area contributed by atoms with Crippen molar-refractivity contribution in [1.29, 1.82) is 0 Å². The van der Waals surface area contributed by atoms with Gasteiger partial charge in [0.25, 0.3) is 0 Å². The molecular formula is C21H19NO3. The zero-order valence-electron chi connectivity index (χ0n) is 13.8. The van der Waals surface area contributed by atoms with E-state index in [2.05, 4.69) is 29.2 Å². The number of rotatable bonds is 4. The molecule has 1 aliphatic heterocycles. The number of hydrogen-bond acceptors (Lipinski definition) is 3. The van der Waals surface area contributed by atoms with Crippen LogP contribution in [-0.4, -0.2) is 17.6 Å². The van der Waals surface area contributed by atoms with Gasteiger partial charge in [0.2, 0.25) is 0 Å². The van der Waals surface area contributed by atoms with E-state index in [-0.39, 0.29) is 5.56 Å². The van der Waals surface area contributed by atoms with Crippen molar-refractivity contribution in [3.05, 3.63) is 77.6 Å². The Balaban J connectivity index is 1.60. The predicted octanol–water partition coefficient (Wildman–Crippen LogP) is 4.60. The maximum absolute atomic E-state index is 11.4. The summed E-state index contributed by atoms with van der Waals surface area (Å²) in [4.78, 5) is 13.7. The molecule has 0 bridgehead atoms. The first kappa shape index (κ1) is 15.5. The molecule has 0 atom stereocenters. The number of aromatic carboxylic acids is 1. The summed E-state index contributed by atoms with van der Waals surface area (Å²) in [6.45, 7) is 1.69. The Labute approximate surface area is 146 Å². The van der Waals surface area contributed by atoms with Gasteiger partial charge in [0, 0.05) is 17.8 Å². The minimum absolute atomic E-state index is 0.256. The van der Waals surface area contributed by atoms with E-state index < -0.39 is 5.97 Å². The Hall–Kier alpha value is -3.01. The standard InChI is InChI=1S/C21H19NO3/c23-21(24)18-9-3-2-8-17(18)20-12-11-16(25-20)14-22-13-5-7-15-6-1-4-10-19(15)22/h1-4,6,8-12H,5,7,13-14H2,(H,23,24). The fourth-order valence-corrected chi connectivity index (χ4v) is 3.46. The molecule has 1 aliphatic rings. The molecule has 4 heteroatoms. The van der Waals surface area contributed by atoms with Gasteiger partial charge < -0.3 is 14.4 Å². The van der Waals surface area contributed by atoms with Crippen molar-refractivity contribution in [2.24, 2.45) is 0 Å². The molecule has 126 valence electrons. The van der Waals surface area contributed by atoms with E-state index in [0.29, 0.717) is 17.9 Å². The zero-order valence-corrected chi connectivity index (χ0v) is 13.8. The summed E-state index contributed by atoms with van der Waals surface area (Å²) >= 11 is 0. The Bertz CT molecular complexity index is 913. The summed E-state index contributed by atoms with van der Waals surface area (Å²) in [7, 11) is 0. The second kappa shape index (κ2) is 6.48. The van der Waals surface area contributed by atoms with E-state index in [1.54, 1.807) is 18.2 Å². The van der Waals surface area contributed by atoms with E-state index in [1.165, 1.54) is 11.3 Å². The fraction of sp³-hybridized carbons (Fsp3) is 0.190. The van der Waals surface area contributed by atoms with Crippen LogP contribution in [-0.2, 0) is 13.0 Å². The summed E-state index contributed by atoms with van der Waals surface area (Å²) in [6, 6.07) is 19.2. The number of carboxylic acid groups (broad SMARTS) is 1. The Morgan fingerprint density at radius 1 is 1.04 bits per heavy atom. The van der Waals surface area contributed by atoms with Crippen molar-refractivity contribution in [2.75, 3.05) is 11.4 Å². The molecule has 1 aromatic heterocycles. The van der Waals surface area contributed by atoms with Gasteiger partial charge in [-0.3, -0.25) is 0 Å². The van der Waals surface area contributed by atoms with Gasteiger partial charge >= 0.3 is 5.97 Å². The molecule has 0 radical (unpaired) electrons. The highest BCUT2D eigenvalue weighted by atomic mass is 16.4. The number of para-hydroxylation sites is 1. The van der Waals surface area contributed by atoms with Crippen LogP contribution >= 0.6 is 0 Å². The third-order valence-corrected chi connectivity index (χ3v) is 4.64. The molecule has 4 rings (SSSR count). The molecule has 25 heavy (non-hydrogen) atoms. The van der Waals surface area contributed by atoms with Crippen molar-refractivity contribution in [1.82, 2.24) is 0 Å². The number of furan rings is 1. The lowest BCUT2D eigenvalue weighted by atomic mass is 10.0. The molecule has 0 fully saturated rings. The number of hydrogen-bond donors (Lipinski definition) is 1. The van der Waals surface area contributed by atoms with Crippen molar-refractivity contribution in [3.63, 3.8) is 0 Å². The molecule has 3 aromatic rings. The molecule has 0 unspecified atom stereocenters. The van der Waals surface area contributed by atoms with Crippen LogP contribution in [0.4, 0.5) is 5.69 Å². The summed E-state index contributed by atoms with van der Waals surface area (Å²) in [5.74, 6) is 0.490. The van der Waals surface area contributed by atoms with E-state index in [1.807, 2.05) is 18.2 Å². The number of aryl methyl sites for hydroxylation is 1. The molecule has 2 aromatic carbocycles. The molecule has 0 saturated carbocycles. The third kappa shape index (κ3) is 3.03. The molecule has 0 spiro atoms. The highest BCUT2D eigenvalue weighted by Crippen LogP contribution is 2.30. The molecule has 0 aliphatic carbocycles. The summed E-state index contributed by atoms with van der Waals surface area (Å²) in [6.07, 6.45) is 2.24. The van der Waals surface area contributed by atoms with E-state index >= 15 is 0 Å². The lowest BCUT2D eigenvalue weighted by Crippen LogP contribution is -2.28. The zero-order chi connectivity index (χ0) is 17.2. The molecular weight excluding hydrogens is 314 g/mol. The Morgan fingerprint density at radius 2 is 1.84 bits per heavy atom. The molecule has 0 saturated heterocycles. The van der Waals surface area contributed by atoms with Crippen molar-refractivity contribution >= 4 is 11.7 Å². The van der Waals surface area contributed by atoms with Gasteiger partial charge in [-0.05, 0) is 42.7 Å². The lowest BCUT2D eigenvalue weighted by Gasteiger charge is -2.30. The highest BCUT2D eigenvalue weighted by Gasteiger charge is 2.19. The van der Waals surface area contributed by atoms with Crippen LogP contribution in [0, 0.1) is 0 Å². The van der Waals surface area contributed by atoms with Crippen molar-refractivity contribution < 1.29 is 14.3 Å². The molecule has 2 heterocycles. The number of carboxylic acids is 1. The first-order valence-corrected chi connectivity index (χ1v) is 8.46. The maximum Gasteiger partial charge on any atom is 0.336 e. The van der Waals surface area contributed by atoms with Gasteiger partial charge in [-0.25, -0.2) is 4.79 Å². The van der Waals surface area contributed by atoms with Crippen LogP contribution in [0.2, 0.25) is 0 Å². The number of carbonyl (C=O) groups is 1. The van der Waals surface area contributed by atoms with Crippen LogP contribution in [0.15, 0.2) is 65.1 Å². The number of fused-ring (bicyclic) bond motifs is 1. The van der Waals surface area contributed by atoms with Crippen molar-refractivity contribution in [3.8, 4) is 11.3 Å². The quantitative estimate of drug-likeness (QED) is 0.758. The van der Waals surface area contributed by atoms with Crippen LogP contribution < -0.4 is 4.90 Å². The smallest absolute Gasteiger partial charge is 0.336 e. The van der Waals surface area contributed by atoms with Crippen LogP contribution in [0.3, 0.4) is 0 Å². The average Bonchev–Trinajstić information content (AvgIpc) is 3.10. The van der Waals surface area contributed by atoms with Crippen LogP contribution in [0.25, 0.3) is 11.3 Å². The molecule has 1 N–H and O–H groups in total. The maximum atomic E-state index is 11.4. The Kier molecular flexibility index (Phi) is 4.02. The van der Waals surface area contributed by atoms with Crippen LogP contribution in [0.1, 0.15) is 28.1 Å². The minimum Gasteiger partial charge on any atom is -0.478 e. The number of nitrogens with zero attached hydrogens (tertiary/aromatic N) is 1. The van der Waals surface area contributed by atoms with Crippen LogP contribution in [0.5, 0.6) is 0 Å². The normalized spacial score (nSPS) is 13.5. The van der Waals surface area contributed by atoms with Gasteiger partial charge in [0.1, 0.15) is 11.5 Å². The monoisotopic (exact) mass is 333 g/mol. The SMILES string of the molecule is O=C(O)c1ccccc1-c1ccc(CN2CCCc3ccccc32)o1. The third-order valence-electron chi connectivity index (χ3n) is 4.64. The van der Waals surface area contributed by atoms with Gasteiger partial charge in [-0.15, -0.1) is 0 Å². The summed E-state index contributed by atoms with van der Waals surface area (Å²) in [5, 5.41) is 9.35. The number of anilines is 1. The van der Waals surface area contributed by atoms with Crippen molar-refractivity contribution in [2.45, 2.75) is 19.4 Å².